The van der Waals surface area contributed by atoms with Gasteiger partial charge in [-0.2, -0.15) is 0 Å². The normalized spacial score (nSPS) is 20.2. The van der Waals surface area contributed by atoms with E-state index >= 15 is 0 Å². The van der Waals surface area contributed by atoms with Crippen molar-refractivity contribution in [3.05, 3.63) is 69.1 Å². The van der Waals surface area contributed by atoms with Crippen molar-refractivity contribution in [2.45, 2.75) is 25.9 Å². The van der Waals surface area contributed by atoms with Crippen LogP contribution in [-0.2, 0) is 11.2 Å². The molecular weight excluding hydrogens is 332 g/mol. The predicted molar refractivity (Wildman–Crippen MR) is 98.4 cm³/mol. The molecule has 1 atom stereocenters. The van der Waals surface area contributed by atoms with Crippen molar-refractivity contribution in [3.8, 4) is 0 Å². The molecule has 1 amide bonds. The van der Waals surface area contributed by atoms with E-state index in [9.17, 15) is 14.7 Å². The maximum atomic E-state index is 12.8. The van der Waals surface area contributed by atoms with E-state index in [1.807, 2.05) is 31.2 Å². The number of aryl methyl sites for hydroxylation is 2. The summed E-state index contributed by atoms with van der Waals surface area (Å²) in [5, 5.41) is 10.0. The number of aliphatic hydroxyl groups is 1. The minimum absolute atomic E-state index is 0.111. The second kappa shape index (κ2) is 7.43. The molecule has 0 saturated carbocycles. The Hall–Kier alpha value is -2.44. The van der Waals surface area contributed by atoms with Crippen LogP contribution in [0.1, 0.15) is 27.2 Å². The number of carbonyl (C=O) groups excluding carboxylic acids is 1. The molecule has 1 aromatic carbocycles. The SMILES string of the molecule is Cc1cccc(C[C@]2(CO)CN(C(=O)c3ccc(C)[nH]c3=O)CCO2)c1. The summed E-state index contributed by atoms with van der Waals surface area (Å²) in [6, 6.07) is 11.3. The second-order valence-corrected chi connectivity index (χ2v) is 6.97. The number of aliphatic hydroxyl groups excluding tert-OH is 1. The fourth-order valence-corrected chi connectivity index (χ4v) is 3.38. The summed E-state index contributed by atoms with van der Waals surface area (Å²) in [5.74, 6) is -0.336. The van der Waals surface area contributed by atoms with Gasteiger partial charge in [0.15, 0.2) is 0 Å². The van der Waals surface area contributed by atoms with Gasteiger partial charge in [0.1, 0.15) is 11.2 Å². The third kappa shape index (κ3) is 3.86. The van der Waals surface area contributed by atoms with Crippen molar-refractivity contribution in [1.29, 1.82) is 0 Å². The van der Waals surface area contributed by atoms with Crippen molar-refractivity contribution in [2.75, 3.05) is 26.3 Å². The summed E-state index contributed by atoms with van der Waals surface area (Å²) in [6.07, 6.45) is 0.499. The molecule has 1 aromatic heterocycles. The number of pyridine rings is 1. The monoisotopic (exact) mass is 356 g/mol. The number of nitrogens with zero attached hydrogens (tertiary/aromatic N) is 1. The fourth-order valence-electron chi connectivity index (χ4n) is 3.38. The number of hydrogen-bond donors (Lipinski definition) is 2. The lowest BCUT2D eigenvalue weighted by atomic mass is 9.92. The van der Waals surface area contributed by atoms with Crippen LogP contribution in [0.5, 0.6) is 0 Å². The molecule has 0 spiro atoms. The summed E-state index contributed by atoms with van der Waals surface area (Å²) in [7, 11) is 0. The average molecular weight is 356 g/mol. The van der Waals surface area contributed by atoms with E-state index in [-0.39, 0.29) is 24.6 Å². The van der Waals surface area contributed by atoms with Crippen molar-refractivity contribution in [3.63, 3.8) is 0 Å². The molecule has 2 N–H and O–H groups in total. The highest BCUT2D eigenvalue weighted by atomic mass is 16.5. The molecule has 6 nitrogen and oxygen atoms in total. The highest BCUT2D eigenvalue weighted by Gasteiger charge is 2.38. The number of nitrogens with one attached hydrogen (secondary N) is 1. The standard InChI is InChI=1S/C20H24N2O4/c1-14-4-3-5-16(10-14)11-20(13-23)12-22(8-9-26-20)19(25)17-7-6-15(2)21-18(17)24/h3-7,10,23H,8-9,11-13H2,1-2H3,(H,21,24)/t20-/m1/s1. The Labute approximate surface area is 152 Å². The van der Waals surface area contributed by atoms with Crippen LogP contribution in [0.15, 0.2) is 41.2 Å². The first kappa shape index (κ1) is 18.4. The molecule has 3 rings (SSSR count). The maximum absolute atomic E-state index is 12.8. The van der Waals surface area contributed by atoms with Crippen LogP contribution in [0, 0.1) is 13.8 Å². The molecule has 2 aromatic rings. The summed E-state index contributed by atoms with van der Waals surface area (Å²) >= 11 is 0. The largest absolute Gasteiger partial charge is 0.393 e. The van der Waals surface area contributed by atoms with Gasteiger partial charge in [0.2, 0.25) is 0 Å². The Balaban J connectivity index is 1.82. The first-order chi connectivity index (χ1) is 12.4. The number of benzene rings is 1. The number of carbonyl (C=O) groups is 1. The number of aromatic nitrogens is 1. The Kier molecular flexibility index (Phi) is 5.25. The van der Waals surface area contributed by atoms with Crippen LogP contribution in [0.2, 0.25) is 0 Å². The maximum Gasteiger partial charge on any atom is 0.260 e. The van der Waals surface area contributed by atoms with Crippen LogP contribution in [0.4, 0.5) is 0 Å². The zero-order valence-corrected chi connectivity index (χ0v) is 15.1. The molecule has 1 saturated heterocycles. The smallest absolute Gasteiger partial charge is 0.260 e. The van der Waals surface area contributed by atoms with Gasteiger partial charge in [-0.15, -0.1) is 0 Å². The van der Waals surface area contributed by atoms with Crippen molar-refractivity contribution >= 4 is 5.91 Å². The lowest BCUT2D eigenvalue weighted by Crippen LogP contribution is -2.57. The third-order valence-corrected chi connectivity index (χ3v) is 4.72. The minimum atomic E-state index is -0.862. The number of morpholine rings is 1. The lowest BCUT2D eigenvalue weighted by molar-refractivity contribution is -0.123. The van der Waals surface area contributed by atoms with Gasteiger partial charge in [-0.1, -0.05) is 29.8 Å². The molecule has 0 aliphatic carbocycles. The van der Waals surface area contributed by atoms with Crippen LogP contribution in [0.3, 0.4) is 0 Å². The topological polar surface area (TPSA) is 82.6 Å². The third-order valence-electron chi connectivity index (χ3n) is 4.72. The number of rotatable bonds is 4. The highest BCUT2D eigenvalue weighted by molar-refractivity contribution is 5.94. The first-order valence-electron chi connectivity index (χ1n) is 8.72. The van der Waals surface area contributed by atoms with E-state index < -0.39 is 11.2 Å². The Morgan fingerprint density at radius 3 is 2.81 bits per heavy atom. The van der Waals surface area contributed by atoms with E-state index in [4.69, 9.17) is 4.74 Å². The molecule has 1 aliphatic rings. The van der Waals surface area contributed by atoms with Crippen molar-refractivity contribution in [1.82, 2.24) is 9.88 Å². The molecule has 26 heavy (non-hydrogen) atoms. The van der Waals surface area contributed by atoms with Gasteiger partial charge >= 0.3 is 0 Å². The van der Waals surface area contributed by atoms with Gasteiger partial charge in [0, 0.05) is 18.7 Å². The van der Waals surface area contributed by atoms with Gasteiger partial charge in [-0.25, -0.2) is 0 Å². The lowest BCUT2D eigenvalue weighted by Gasteiger charge is -2.42. The van der Waals surface area contributed by atoms with Crippen molar-refractivity contribution in [2.24, 2.45) is 0 Å². The molecule has 6 heteroatoms. The van der Waals surface area contributed by atoms with E-state index in [1.54, 1.807) is 24.0 Å². The fraction of sp³-hybridized carbons (Fsp3) is 0.400. The number of H-pyrrole nitrogens is 1. The van der Waals surface area contributed by atoms with E-state index in [0.29, 0.717) is 25.3 Å². The molecular formula is C20H24N2O4. The Morgan fingerprint density at radius 1 is 1.31 bits per heavy atom. The molecule has 1 fully saturated rings. The van der Waals surface area contributed by atoms with Crippen LogP contribution in [-0.4, -0.2) is 52.8 Å². The molecule has 0 radical (unpaired) electrons. The second-order valence-electron chi connectivity index (χ2n) is 6.97. The van der Waals surface area contributed by atoms with Crippen LogP contribution in [0.25, 0.3) is 0 Å². The minimum Gasteiger partial charge on any atom is -0.393 e. The molecule has 0 unspecified atom stereocenters. The molecule has 1 aliphatic heterocycles. The first-order valence-corrected chi connectivity index (χ1v) is 8.72. The zero-order chi connectivity index (χ0) is 18.7. The van der Waals surface area contributed by atoms with E-state index in [2.05, 4.69) is 4.98 Å². The zero-order valence-electron chi connectivity index (χ0n) is 15.1. The van der Waals surface area contributed by atoms with Crippen LogP contribution < -0.4 is 5.56 Å². The predicted octanol–water partition coefficient (Wildman–Crippen LogP) is 1.44. The average Bonchev–Trinajstić information content (AvgIpc) is 2.61. The van der Waals surface area contributed by atoms with Crippen LogP contribution >= 0.6 is 0 Å². The summed E-state index contributed by atoms with van der Waals surface area (Å²) in [4.78, 5) is 29.2. The Bertz CT molecular complexity index is 861. The summed E-state index contributed by atoms with van der Waals surface area (Å²) < 4.78 is 5.89. The van der Waals surface area contributed by atoms with E-state index in [1.165, 1.54) is 0 Å². The van der Waals surface area contributed by atoms with Gasteiger partial charge < -0.3 is 19.7 Å². The number of aromatic amines is 1. The summed E-state index contributed by atoms with van der Waals surface area (Å²) in [5.41, 5.74) is 1.73. The van der Waals surface area contributed by atoms with Crippen molar-refractivity contribution < 1.29 is 14.6 Å². The molecule has 138 valence electrons. The van der Waals surface area contributed by atoms with Gasteiger partial charge in [-0.3, -0.25) is 9.59 Å². The number of ether oxygens (including phenoxy) is 1. The highest BCUT2D eigenvalue weighted by Crippen LogP contribution is 2.24. The number of hydrogen-bond acceptors (Lipinski definition) is 4. The van der Waals surface area contributed by atoms with E-state index in [0.717, 1.165) is 11.1 Å². The van der Waals surface area contributed by atoms with Gasteiger partial charge in [0.05, 0.1) is 19.8 Å². The van der Waals surface area contributed by atoms with Gasteiger partial charge in [0.25, 0.3) is 11.5 Å². The molecule has 0 bridgehead atoms. The van der Waals surface area contributed by atoms with Gasteiger partial charge in [-0.05, 0) is 31.5 Å². The number of amides is 1. The Morgan fingerprint density at radius 2 is 2.12 bits per heavy atom. The molecule has 2 heterocycles. The summed E-state index contributed by atoms with van der Waals surface area (Å²) in [6.45, 7) is 4.53. The quantitative estimate of drug-likeness (QED) is 0.868.